The minimum atomic E-state index is -0.495. The Morgan fingerprint density at radius 2 is 1.85 bits per heavy atom. The van der Waals surface area contributed by atoms with Crippen LogP contribution in [0.2, 0.25) is 0 Å². The molecule has 2 amide bonds. The summed E-state index contributed by atoms with van der Waals surface area (Å²) in [6.45, 7) is 1.97. The molecule has 0 saturated carbocycles. The van der Waals surface area contributed by atoms with E-state index in [1.807, 2.05) is 42.5 Å². The Kier molecular flexibility index (Phi) is 5.64. The number of carbonyl (C=O) groups is 2. The molecule has 1 heterocycles. The Hall–Kier alpha value is -3.02. The van der Waals surface area contributed by atoms with Gasteiger partial charge in [0.1, 0.15) is 6.04 Å². The van der Waals surface area contributed by atoms with Crippen LogP contribution in [0.15, 0.2) is 42.5 Å². The number of methoxy groups -OCH3 is 2. The second-order valence-electron chi connectivity index (χ2n) is 6.47. The van der Waals surface area contributed by atoms with Crippen LogP contribution in [0.4, 0.5) is 5.69 Å². The zero-order valence-electron chi connectivity index (χ0n) is 15.8. The highest BCUT2D eigenvalue weighted by molar-refractivity contribution is 6.02. The van der Waals surface area contributed by atoms with Crippen LogP contribution in [0.1, 0.15) is 18.1 Å². The largest absolute Gasteiger partial charge is 0.493 e. The first kappa shape index (κ1) is 18.8. The van der Waals surface area contributed by atoms with Gasteiger partial charge in [-0.25, -0.2) is 0 Å². The van der Waals surface area contributed by atoms with Crippen molar-refractivity contribution in [3.05, 3.63) is 53.6 Å². The molecule has 6 nitrogen and oxygen atoms in total. The highest BCUT2D eigenvalue weighted by Crippen LogP contribution is 2.32. The molecule has 6 heteroatoms. The highest BCUT2D eigenvalue weighted by atomic mass is 16.5. The zero-order valence-corrected chi connectivity index (χ0v) is 15.8. The third kappa shape index (κ3) is 3.89. The van der Waals surface area contributed by atoms with Gasteiger partial charge in [-0.3, -0.25) is 14.5 Å². The molecule has 3 rings (SSSR count). The van der Waals surface area contributed by atoms with Gasteiger partial charge in [0.05, 0.1) is 14.2 Å². The second kappa shape index (κ2) is 8.12. The van der Waals surface area contributed by atoms with E-state index in [2.05, 4.69) is 5.32 Å². The quantitative estimate of drug-likeness (QED) is 0.850. The topological polar surface area (TPSA) is 67.9 Å². The van der Waals surface area contributed by atoms with E-state index in [4.69, 9.17) is 9.47 Å². The molecule has 0 fully saturated rings. The first-order valence-electron chi connectivity index (χ1n) is 8.91. The van der Waals surface area contributed by atoms with Crippen LogP contribution in [0, 0.1) is 0 Å². The minimum absolute atomic E-state index is 0.125. The summed E-state index contributed by atoms with van der Waals surface area (Å²) in [5.41, 5.74) is 2.88. The number of benzene rings is 2. The van der Waals surface area contributed by atoms with E-state index in [1.165, 1.54) is 6.92 Å². The number of para-hydroxylation sites is 1. The molecule has 1 aliphatic heterocycles. The molecule has 1 atom stereocenters. The Morgan fingerprint density at radius 1 is 1.11 bits per heavy atom. The van der Waals surface area contributed by atoms with Crippen molar-refractivity contribution in [1.82, 2.24) is 5.32 Å². The molecular weight excluding hydrogens is 344 g/mol. The maximum atomic E-state index is 12.7. The average molecular weight is 368 g/mol. The van der Waals surface area contributed by atoms with E-state index in [9.17, 15) is 9.59 Å². The summed E-state index contributed by atoms with van der Waals surface area (Å²) in [7, 11) is 3.19. The third-order valence-corrected chi connectivity index (χ3v) is 4.78. The third-order valence-electron chi connectivity index (χ3n) is 4.78. The number of carbonyl (C=O) groups excluding carboxylic acids is 2. The molecule has 0 unspecified atom stereocenters. The number of rotatable bonds is 6. The predicted molar refractivity (Wildman–Crippen MR) is 103 cm³/mol. The molecule has 2 aromatic rings. The Labute approximate surface area is 159 Å². The molecule has 27 heavy (non-hydrogen) atoms. The first-order valence-corrected chi connectivity index (χ1v) is 8.91. The molecule has 1 aliphatic rings. The first-order chi connectivity index (χ1) is 13.0. The lowest BCUT2D eigenvalue weighted by Gasteiger charge is -2.23. The van der Waals surface area contributed by atoms with Crippen LogP contribution < -0.4 is 19.7 Å². The maximum absolute atomic E-state index is 12.7. The highest BCUT2D eigenvalue weighted by Gasteiger charge is 2.36. The smallest absolute Gasteiger partial charge is 0.243 e. The van der Waals surface area contributed by atoms with Gasteiger partial charge in [0.15, 0.2) is 11.5 Å². The fourth-order valence-corrected chi connectivity index (χ4v) is 3.47. The van der Waals surface area contributed by atoms with Crippen molar-refractivity contribution in [3.8, 4) is 11.5 Å². The number of hydrogen-bond donors (Lipinski definition) is 1. The summed E-state index contributed by atoms with van der Waals surface area (Å²) >= 11 is 0. The standard InChI is InChI=1S/C21H24N2O4/c1-14(24)23-17-7-5-4-6-16(17)13-18(23)21(25)22-11-10-15-8-9-19(26-2)20(12-15)27-3/h4-9,12,18H,10-11,13H2,1-3H3,(H,22,25)/t18-/m1/s1. The number of anilines is 1. The molecule has 0 bridgehead atoms. The van der Waals surface area contributed by atoms with Crippen molar-refractivity contribution in [2.24, 2.45) is 0 Å². The van der Waals surface area contributed by atoms with E-state index in [1.54, 1.807) is 19.1 Å². The Morgan fingerprint density at radius 3 is 2.56 bits per heavy atom. The van der Waals surface area contributed by atoms with Crippen LogP contribution in [-0.2, 0) is 22.4 Å². The van der Waals surface area contributed by atoms with Crippen LogP contribution >= 0.6 is 0 Å². The fourth-order valence-electron chi connectivity index (χ4n) is 3.47. The van der Waals surface area contributed by atoms with E-state index >= 15 is 0 Å². The van der Waals surface area contributed by atoms with Gasteiger partial charge in [0.2, 0.25) is 11.8 Å². The molecule has 0 aromatic heterocycles. The van der Waals surface area contributed by atoms with Crippen molar-refractivity contribution in [1.29, 1.82) is 0 Å². The van der Waals surface area contributed by atoms with Crippen LogP contribution in [0.25, 0.3) is 0 Å². The van der Waals surface area contributed by atoms with Gasteiger partial charge in [-0.2, -0.15) is 0 Å². The SMILES string of the molecule is COc1ccc(CCNC(=O)[C@H]2Cc3ccccc3N2C(C)=O)cc1OC. The van der Waals surface area contributed by atoms with Crippen molar-refractivity contribution in [2.75, 3.05) is 25.7 Å². The lowest BCUT2D eigenvalue weighted by molar-refractivity contribution is -0.125. The summed E-state index contributed by atoms with van der Waals surface area (Å²) < 4.78 is 10.5. The molecule has 0 spiro atoms. The van der Waals surface area contributed by atoms with Gasteiger partial charge in [-0.1, -0.05) is 24.3 Å². The summed E-state index contributed by atoms with van der Waals surface area (Å²) in [5, 5.41) is 2.95. The van der Waals surface area contributed by atoms with Crippen LogP contribution in [-0.4, -0.2) is 38.6 Å². The monoisotopic (exact) mass is 368 g/mol. The van der Waals surface area contributed by atoms with E-state index < -0.39 is 6.04 Å². The number of nitrogens with zero attached hydrogens (tertiary/aromatic N) is 1. The van der Waals surface area contributed by atoms with Crippen LogP contribution in [0.5, 0.6) is 11.5 Å². The number of ether oxygens (including phenoxy) is 2. The van der Waals surface area contributed by atoms with Gasteiger partial charge in [0.25, 0.3) is 0 Å². The maximum Gasteiger partial charge on any atom is 0.243 e. The van der Waals surface area contributed by atoms with Crippen LogP contribution in [0.3, 0.4) is 0 Å². The molecular formula is C21H24N2O4. The summed E-state index contributed by atoms with van der Waals surface area (Å²) in [6.07, 6.45) is 1.20. The minimum Gasteiger partial charge on any atom is -0.493 e. The number of fused-ring (bicyclic) bond motifs is 1. The number of hydrogen-bond acceptors (Lipinski definition) is 4. The fraction of sp³-hybridized carbons (Fsp3) is 0.333. The van der Waals surface area contributed by atoms with Crippen molar-refractivity contribution in [3.63, 3.8) is 0 Å². The van der Waals surface area contributed by atoms with E-state index in [0.717, 1.165) is 16.8 Å². The van der Waals surface area contributed by atoms with E-state index in [0.29, 0.717) is 30.9 Å². The molecule has 2 aromatic carbocycles. The molecule has 0 saturated heterocycles. The molecule has 142 valence electrons. The van der Waals surface area contributed by atoms with Gasteiger partial charge < -0.3 is 14.8 Å². The van der Waals surface area contributed by atoms with Gasteiger partial charge in [-0.15, -0.1) is 0 Å². The summed E-state index contributed by atoms with van der Waals surface area (Å²) in [4.78, 5) is 26.3. The van der Waals surface area contributed by atoms with Gasteiger partial charge in [0, 0.05) is 25.6 Å². The second-order valence-corrected chi connectivity index (χ2v) is 6.47. The summed E-state index contributed by atoms with van der Waals surface area (Å²) in [5.74, 6) is 1.07. The van der Waals surface area contributed by atoms with Crippen molar-refractivity contribution < 1.29 is 19.1 Å². The average Bonchev–Trinajstić information content (AvgIpc) is 3.07. The van der Waals surface area contributed by atoms with Gasteiger partial charge in [-0.05, 0) is 35.7 Å². The molecule has 0 aliphatic carbocycles. The Balaban J connectivity index is 1.62. The predicted octanol–water partition coefficient (Wildman–Crippen LogP) is 2.34. The normalized spacial score (nSPS) is 15.2. The molecule has 0 radical (unpaired) electrons. The number of amides is 2. The lowest BCUT2D eigenvalue weighted by Crippen LogP contribution is -2.47. The van der Waals surface area contributed by atoms with E-state index in [-0.39, 0.29) is 11.8 Å². The van der Waals surface area contributed by atoms with Crippen molar-refractivity contribution in [2.45, 2.75) is 25.8 Å². The zero-order chi connectivity index (χ0) is 19.4. The Bertz CT molecular complexity index is 850. The molecule has 1 N–H and O–H groups in total. The summed E-state index contributed by atoms with van der Waals surface area (Å²) in [6, 6.07) is 12.8. The van der Waals surface area contributed by atoms with Crippen molar-refractivity contribution >= 4 is 17.5 Å². The van der Waals surface area contributed by atoms with Gasteiger partial charge >= 0.3 is 0 Å². The lowest BCUT2D eigenvalue weighted by atomic mass is 10.1. The number of nitrogens with one attached hydrogen (secondary N) is 1.